The van der Waals surface area contributed by atoms with Crippen molar-refractivity contribution in [3.05, 3.63) is 41.4 Å². The maximum absolute atomic E-state index is 11.0. The molecule has 0 amide bonds. The number of rotatable bonds is 5. The molecule has 0 heterocycles. The first-order chi connectivity index (χ1) is 7.59. The number of anilines is 1. The summed E-state index contributed by atoms with van der Waals surface area (Å²) in [6.45, 7) is 5.98. The predicted octanol–water partition coefficient (Wildman–Crippen LogP) is 2.87. The second kappa shape index (κ2) is 6.18. The van der Waals surface area contributed by atoms with Gasteiger partial charge in [-0.1, -0.05) is 18.2 Å². The van der Waals surface area contributed by atoms with Crippen LogP contribution in [0.5, 0.6) is 0 Å². The number of ether oxygens (including phenoxy) is 1. The van der Waals surface area contributed by atoms with Crippen molar-refractivity contribution in [3.63, 3.8) is 0 Å². The normalized spacial score (nSPS) is 9.62. The molecule has 0 aliphatic heterocycles. The van der Waals surface area contributed by atoms with Gasteiger partial charge in [-0.2, -0.15) is 0 Å². The summed E-state index contributed by atoms with van der Waals surface area (Å²) in [5.41, 5.74) is 1.35. The fourth-order valence-corrected chi connectivity index (χ4v) is 1.16. The van der Waals surface area contributed by atoms with E-state index in [0.29, 0.717) is 23.7 Å². The Balaban J connectivity index is 2.23. The van der Waals surface area contributed by atoms with Crippen LogP contribution in [-0.4, -0.2) is 19.1 Å². The van der Waals surface area contributed by atoms with Crippen LogP contribution in [0.4, 0.5) is 5.69 Å². The number of halogens is 1. The van der Waals surface area contributed by atoms with Gasteiger partial charge in [0.1, 0.15) is 6.61 Å². The van der Waals surface area contributed by atoms with E-state index in [9.17, 15) is 4.79 Å². The second-order valence-corrected chi connectivity index (χ2v) is 3.79. The highest BCUT2D eigenvalue weighted by Crippen LogP contribution is 2.12. The Hall–Kier alpha value is -1.48. The summed E-state index contributed by atoms with van der Waals surface area (Å²) in [7, 11) is 0. The molecule has 0 atom stereocenters. The molecule has 0 aliphatic rings. The minimum Gasteiger partial charge on any atom is -0.460 e. The lowest BCUT2D eigenvalue weighted by Gasteiger charge is -2.07. The van der Waals surface area contributed by atoms with Gasteiger partial charge in [0.2, 0.25) is 0 Å². The molecule has 86 valence electrons. The number of nitrogens with one attached hydrogen (secondary N) is 1. The fourth-order valence-electron chi connectivity index (χ4n) is 1.03. The molecule has 0 aromatic heterocycles. The van der Waals surface area contributed by atoms with Gasteiger partial charge >= 0.3 is 5.97 Å². The van der Waals surface area contributed by atoms with E-state index < -0.39 is 0 Å². The molecule has 0 saturated carbocycles. The van der Waals surface area contributed by atoms with Crippen molar-refractivity contribution >= 4 is 23.3 Å². The molecule has 0 unspecified atom stereocenters. The molecular weight excluding hydrogens is 226 g/mol. The number of carbonyl (C=O) groups excluding carboxylic acids is 1. The first kappa shape index (κ1) is 12.6. The van der Waals surface area contributed by atoms with Gasteiger partial charge in [-0.25, -0.2) is 4.79 Å². The van der Waals surface area contributed by atoms with E-state index in [4.69, 9.17) is 16.3 Å². The second-order valence-electron chi connectivity index (χ2n) is 3.35. The topological polar surface area (TPSA) is 38.3 Å². The lowest BCUT2D eigenvalue weighted by Crippen LogP contribution is -2.13. The van der Waals surface area contributed by atoms with Crippen molar-refractivity contribution in [2.24, 2.45) is 0 Å². The van der Waals surface area contributed by atoms with Gasteiger partial charge in [0.05, 0.1) is 0 Å². The summed E-state index contributed by atoms with van der Waals surface area (Å²) in [5.74, 6) is -0.363. The number of hydrogen-bond donors (Lipinski definition) is 1. The zero-order chi connectivity index (χ0) is 12.0. The van der Waals surface area contributed by atoms with E-state index in [-0.39, 0.29) is 5.97 Å². The number of esters is 1. The van der Waals surface area contributed by atoms with E-state index in [1.807, 2.05) is 12.1 Å². The third-order valence-corrected chi connectivity index (χ3v) is 2.11. The van der Waals surface area contributed by atoms with Crippen LogP contribution in [0.1, 0.15) is 6.92 Å². The van der Waals surface area contributed by atoms with Crippen LogP contribution in [0.2, 0.25) is 5.02 Å². The average molecular weight is 240 g/mol. The van der Waals surface area contributed by atoms with Crippen LogP contribution in [-0.2, 0) is 9.53 Å². The first-order valence-electron chi connectivity index (χ1n) is 4.91. The number of carbonyl (C=O) groups is 1. The first-order valence-corrected chi connectivity index (χ1v) is 5.29. The van der Waals surface area contributed by atoms with E-state index in [1.165, 1.54) is 0 Å². The molecule has 0 fully saturated rings. The smallest absolute Gasteiger partial charge is 0.333 e. The van der Waals surface area contributed by atoms with Gasteiger partial charge in [0.15, 0.2) is 0 Å². The SMILES string of the molecule is C=C(C)C(=O)OCCNc1ccc(Cl)cc1. The Morgan fingerprint density at radius 2 is 2.06 bits per heavy atom. The van der Waals surface area contributed by atoms with Crippen LogP contribution in [0, 0.1) is 0 Å². The molecule has 1 rings (SSSR count). The molecule has 0 radical (unpaired) electrons. The molecular formula is C12H14ClNO2. The monoisotopic (exact) mass is 239 g/mol. The molecule has 16 heavy (non-hydrogen) atoms. The van der Waals surface area contributed by atoms with Gasteiger partial charge < -0.3 is 10.1 Å². The lowest BCUT2D eigenvalue weighted by atomic mass is 10.3. The maximum Gasteiger partial charge on any atom is 0.333 e. The Morgan fingerprint density at radius 3 is 2.62 bits per heavy atom. The van der Waals surface area contributed by atoms with Crippen LogP contribution >= 0.6 is 11.6 Å². The van der Waals surface area contributed by atoms with E-state index >= 15 is 0 Å². The highest BCUT2D eigenvalue weighted by Gasteiger charge is 2.01. The Bertz CT molecular complexity index is 373. The van der Waals surface area contributed by atoms with Gasteiger partial charge in [-0.3, -0.25) is 0 Å². The quantitative estimate of drug-likeness (QED) is 0.488. The molecule has 0 spiro atoms. The van der Waals surface area contributed by atoms with Crippen LogP contribution < -0.4 is 5.32 Å². The molecule has 4 heteroatoms. The fraction of sp³-hybridized carbons (Fsp3) is 0.250. The van der Waals surface area contributed by atoms with E-state index in [2.05, 4.69) is 11.9 Å². The van der Waals surface area contributed by atoms with Crippen molar-refractivity contribution in [2.75, 3.05) is 18.5 Å². The third-order valence-electron chi connectivity index (χ3n) is 1.86. The Kier molecular flexibility index (Phi) is 4.86. The molecule has 1 aromatic rings. The van der Waals surface area contributed by atoms with Gasteiger partial charge in [0, 0.05) is 22.8 Å². The summed E-state index contributed by atoms with van der Waals surface area (Å²) in [6.07, 6.45) is 0. The van der Waals surface area contributed by atoms with Crippen molar-refractivity contribution in [1.29, 1.82) is 0 Å². The van der Waals surface area contributed by atoms with Crippen molar-refractivity contribution in [1.82, 2.24) is 0 Å². The number of hydrogen-bond acceptors (Lipinski definition) is 3. The maximum atomic E-state index is 11.0. The van der Waals surface area contributed by atoms with E-state index in [1.54, 1.807) is 19.1 Å². The third kappa shape index (κ3) is 4.36. The molecule has 0 bridgehead atoms. The van der Waals surface area contributed by atoms with Gasteiger partial charge in [-0.15, -0.1) is 0 Å². The summed E-state index contributed by atoms with van der Waals surface area (Å²) in [5, 5.41) is 3.79. The molecule has 3 nitrogen and oxygen atoms in total. The minimum atomic E-state index is -0.363. The molecule has 0 saturated heterocycles. The predicted molar refractivity (Wildman–Crippen MR) is 65.7 cm³/mol. The molecule has 1 aromatic carbocycles. The van der Waals surface area contributed by atoms with Crippen molar-refractivity contribution < 1.29 is 9.53 Å². The molecule has 0 aliphatic carbocycles. The number of benzene rings is 1. The largest absolute Gasteiger partial charge is 0.460 e. The van der Waals surface area contributed by atoms with Crippen LogP contribution in [0.25, 0.3) is 0 Å². The summed E-state index contributed by atoms with van der Waals surface area (Å²) >= 11 is 5.74. The summed E-state index contributed by atoms with van der Waals surface area (Å²) in [6, 6.07) is 7.32. The van der Waals surface area contributed by atoms with Crippen LogP contribution in [0.3, 0.4) is 0 Å². The highest BCUT2D eigenvalue weighted by molar-refractivity contribution is 6.30. The van der Waals surface area contributed by atoms with E-state index in [0.717, 1.165) is 5.69 Å². The van der Waals surface area contributed by atoms with Crippen molar-refractivity contribution in [2.45, 2.75) is 6.92 Å². The summed E-state index contributed by atoms with van der Waals surface area (Å²) in [4.78, 5) is 11.0. The molecule has 1 N–H and O–H groups in total. The minimum absolute atomic E-state index is 0.314. The van der Waals surface area contributed by atoms with Crippen molar-refractivity contribution in [3.8, 4) is 0 Å². The highest BCUT2D eigenvalue weighted by atomic mass is 35.5. The van der Waals surface area contributed by atoms with Gasteiger partial charge in [-0.05, 0) is 31.2 Å². The summed E-state index contributed by atoms with van der Waals surface area (Å²) < 4.78 is 4.92. The van der Waals surface area contributed by atoms with Crippen LogP contribution in [0.15, 0.2) is 36.4 Å². The zero-order valence-electron chi connectivity index (χ0n) is 9.13. The standard InChI is InChI=1S/C12H14ClNO2/c1-9(2)12(15)16-8-7-14-11-5-3-10(13)4-6-11/h3-6,14H,1,7-8H2,2H3. The Labute approximate surface area is 100 Å². The zero-order valence-corrected chi connectivity index (χ0v) is 9.88. The Morgan fingerprint density at radius 1 is 1.44 bits per heavy atom. The van der Waals surface area contributed by atoms with Gasteiger partial charge in [0.25, 0.3) is 0 Å². The lowest BCUT2D eigenvalue weighted by molar-refractivity contribution is -0.138. The average Bonchev–Trinajstić information content (AvgIpc) is 2.26.